The Labute approximate surface area is 136 Å². The Bertz CT molecular complexity index is 697. The number of hydrogen-bond acceptors (Lipinski definition) is 4. The van der Waals surface area contributed by atoms with Crippen LogP contribution in [-0.2, 0) is 11.3 Å². The predicted octanol–water partition coefficient (Wildman–Crippen LogP) is 1.94. The Morgan fingerprint density at radius 1 is 1.39 bits per heavy atom. The van der Waals surface area contributed by atoms with Gasteiger partial charge in [-0.05, 0) is 38.9 Å². The van der Waals surface area contributed by atoms with Crippen molar-refractivity contribution in [3.8, 4) is 6.07 Å². The monoisotopic (exact) mass is 313 g/mol. The van der Waals surface area contributed by atoms with E-state index in [9.17, 15) is 4.79 Å². The van der Waals surface area contributed by atoms with E-state index in [4.69, 9.17) is 5.26 Å². The fourth-order valence-electron chi connectivity index (χ4n) is 2.54. The third kappa shape index (κ3) is 4.30. The van der Waals surface area contributed by atoms with Crippen molar-refractivity contribution in [1.29, 1.82) is 5.26 Å². The topological polar surface area (TPSA) is 73.4 Å². The van der Waals surface area contributed by atoms with E-state index in [1.54, 1.807) is 12.3 Å². The fourth-order valence-corrected chi connectivity index (χ4v) is 2.54. The van der Waals surface area contributed by atoms with Crippen LogP contribution in [0.3, 0.4) is 0 Å². The van der Waals surface area contributed by atoms with Crippen molar-refractivity contribution in [3.05, 3.63) is 35.8 Å². The Kier molecular flexibility index (Phi) is 6.12. The van der Waals surface area contributed by atoms with Crippen LogP contribution in [0.15, 0.2) is 24.5 Å². The van der Waals surface area contributed by atoms with Crippen molar-refractivity contribution in [2.24, 2.45) is 0 Å². The number of rotatable bonds is 8. The third-order valence-corrected chi connectivity index (χ3v) is 3.88. The van der Waals surface area contributed by atoms with Gasteiger partial charge in [0.25, 0.3) is 0 Å². The zero-order valence-electron chi connectivity index (χ0n) is 13.7. The van der Waals surface area contributed by atoms with Crippen molar-refractivity contribution < 1.29 is 4.79 Å². The molecule has 0 aliphatic carbocycles. The van der Waals surface area contributed by atoms with Gasteiger partial charge in [-0.3, -0.25) is 4.79 Å². The first kappa shape index (κ1) is 17.0. The second-order valence-electron chi connectivity index (χ2n) is 5.35. The average Bonchev–Trinajstić information content (AvgIpc) is 2.98. The van der Waals surface area contributed by atoms with Gasteiger partial charge in [0, 0.05) is 32.3 Å². The number of nitrogens with zero attached hydrogens (tertiary/aromatic N) is 4. The second-order valence-corrected chi connectivity index (χ2v) is 5.35. The van der Waals surface area contributed by atoms with Crippen molar-refractivity contribution in [2.45, 2.75) is 33.2 Å². The lowest BCUT2D eigenvalue weighted by atomic mass is 10.2. The largest absolute Gasteiger partial charge is 0.343 e. The number of hydrogen-bond donors (Lipinski definition) is 1. The summed E-state index contributed by atoms with van der Waals surface area (Å²) in [5.41, 5.74) is 2.45. The molecular weight excluding hydrogens is 290 g/mol. The number of aromatic nitrogens is 2. The molecule has 0 saturated heterocycles. The van der Waals surface area contributed by atoms with Crippen LogP contribution < -0.4 is 5.32 Å². The molecule has 6 nitrogen and oxygen atoms in total. The first-order valence-electron chi connectivity index (χ1n) is 8.04. The smallest absolute Gasteiger partial charge is 0.222 e. The molecule has 1 amide bonds. The van der Waals surface area contributed by atoms with Crippen LogP contribution in [0, 0.1) is 11.3 Å². The highest BCUT2D eigenvalue weighted by Gasteiger charge is 2.08. The van der Waals surface area contributed by atoms with Gasteiger partial charge in [-0.15, -0.1) is 0 Å². The molecule has 0 aromatic carbocycles. The minimum atomic E-state index is 0.213. The van der Waals surface area contributed by atoms with Gasteiger partial charge in [-0.1, -0.05) is 0 Å². The molecule has 0 saturated carbocycles. The fraction of sp³-hybridized carbons (Fsp3) is 0.471. The molecular formula is C17H23N5O. The maximum atomic E-state index is 11.9. The number of fused-ring (bicyclic) bond motifs is 1. The summed E-state index contributed by atoms with van der Waals surface area (Å²) in [4.78, 5) is 18.1. The Hall–Kier alpha value is -2.39. The van der Waals surface area contributed by atoms with Crippen LogP contribution >= 0.6 is 0 Å². The number of nitrogens with one attached hydrogen (secondary N) is 1. The van der Waals surface area contributed by atoms with Gasteiger partial charge in [-0.2, -0.15) is 5.26 Å². The minimum absolute atomic E-state index is 0.213. The zero-order valence-corrected chi connectivity index (χ0v) is 13.7. The Balaban J connectivity index is 1.81. The molecule has 0 aliphatic heterocycles. The summed E-state index contributed by atoms with van der Waals surface area (Å²) in [5.74, 6) is 0.213. The van der Waals surface area contributed by atoms with Gasteiger partial charge in [-0.25, -0.2) is 4.98 Å². The van der Waals surface area contributed by atoms with Gasteiger partial charge < -0.3 is 14.6 Å². The number of carbonyl (C=O) groups excluding carboxylic acids is 1. The molecule has 0 bridgehead atoms. The summed E-state index contributed by atoms with van der Waals surface area (Å²) >= 11 is 0. The molecule has 0 aliphatic rings. The highest BCUT2D eigenvalue weighted by Crippen LogP contribution is 2.08. The van der Waals surface area contributed by atoms with Gasteiger partial charge in [0.1, 0.15) is 11.7 Å². The van der Waals surface area contributed by atoms with Crippen molar-refractivity contribution in [1.82, 2.24) is 19.6 Å². The summed E-state index contributed by atoms with van der Waals surface area (Å²) < 4.78 is 1.92. The van der Waals surface area contributed by atoms with Crippen molar-refractivity contribution in [2.75, 3.05) is 19.6 Å². The quantitative estimate of drug-likeness (QED) is 0.756. The van der Waals surface area contributed by atoms with Crippen molar-refractivity contribution in [3.63, 3.8) is 0 Å². The third-order valence-electron chi connectivity index (χ3n) is 3.88. The van der Waals surface area contributed by atoms with Crippen LogP contribution in [0.25, 0.3) is 5.65 Å². The summed E-state index contributed by atoms with van der Waals surface area (Å²) in [5, 5.41) is 12.3. The summed E-state index contributed by atoms with van der Waals surface area (Å²) in [6.45, 7) is 6.98. The Morgan fingerprint density at radius 2 is 2.17 bits per heavy atom. The number of pyridine rings is 1. The van der Waals surface area contributed by atoms with Gasteiger partial charge >= 0.3 is 0 Å². The SMILES string of the molecule is CCN(CC)C(=O)CCCNCc1cnc2ccc(C#N)cn12. The number of carbonyl (C=O) groups is 1. The van der Waals surface area contributed by atoms with Crippen molar-refractivity contribution >= 4 is 11.6 Å². The zero-order chi connectivity index (χ0) is 16.7. The van der Waals surface area contributed by atoms with Gasteiger partial charge in [0.2, 0.25) is 5.91 Å². The number of imidazole rings is 1. The molecule has 0 unspecified atom stereocenters. The van der Waals surface area contributed by atoms with E-state index in [1.165, 1.54) is 0 Å². The molecule has 2 aromatic heterocycles. The van der Waals surface area contributed by atoms with Crippen LogP contribution in [0.4, 0.5) is 0 Å². The lowest BCUT2D eigenvalue weighted by Crippen LogP contribution is -2.30. The van der Waals surface area contributed by atoms with E-state index in [-0.39, 0.29) is 5.91 Å². The maximum Gasteiger partial charge on any atom is 0.222 e. The molecule has 23 heavy (non-hydrogen) atoms. The van der Waals surface area contributed by atoms with Gasteiger partial charge in [0.15, 0.2) is 0 Å². The average molecular weight is 313 g/mol. The molecule has 6 heteroatoms. The number of nitriles is 1. The van der Waals surface area contributed by atoms with E-state index in [0.717, 1.165) is 37.4 Å². The first-order valence-corrected chi connectivity index (χ1v) is 8.04. The molecule has 2 rings (SSSR count). The van der Waals surface area contributed by atoms with E-state index in [1.807, 2.05) is 35.4 Å². The molecule has 122 valence electrons. The normalized spacial score (nSPS) is 10.7. The molecule has 0 spiro atoms. The molecule has 2 aromatic rings. The lowest BCUT2D eigenvalue weighted by Gasteiger charge is -2.18. The molecule has 0 fully saturated rings. The summed E-state index contributed by atoms with van der Waals surface area (Å²) in [6, 6.07) is 5.74. The predicted molar refractivity (Wildman–Crippen MR) is 88.8 cm³/mol. The standard InChI is InChI=1S/C17H23N5O/c1-3-21(4-2)17(23)6-5-9-19-11-15-12-20-16-8-7-14(10-18)13-22(15)16/h7-8,12-13,19H,3-6,9,11H2,1-2H3. The highest BCUT2D eigenvalue weighted by molar-refractivity contribution is 5.76. The van der Waals surface area contributed by atoms with Crippen LogP contribution in [0.1, 0.15) is 37.9 Å². The molecule has 0 atom stereocenters. The highest BCUT2D eigenvalue weighted by atomic mass is 16.2. The first-order chi connectivity index (χ1) is 11.2. The molecule has 2 heterocycles. The number of amides is 1. The second kappa shape index (κ2) is 8.30. The molecule has 1 N–H and O–H groups in total. The van der Waals surface area contributed by atoms with Crippen LogP contribution in [0.2, 0.25) is 0 Å². The lowest BCUT2D eigenvalue weighted by molar-refractivity contribution is -0.130. The maximum absolute atomic E-state index is 11.9. The van der Waals surface area contributed by atoms with Crippen LogP contribution in [-0.4, -0.2) is 39.8 Å². The minimum Gasteiger partial charge on any atom is -0.343 e. The summed E-state index contributed by atoms with van der Waals surface area (Å²) in [6.07, 6.45) is 4.99. The molecule has 0 radical (unpaired) electrons. The van der Waals surface area contributed by atoms with Crippen LogP contribution in [0.5, 0.6) is 0 Å². The summed E-state index contributed by atoms with van der Waals surface area (Å²) in [7, 11) is 0. The van der Waals surface area contributed by atoms with Gasteiger partial charge in [0.05, 0.1) is 17.5 Å². The Morgan fingerprint density at radius 3 is 2.87 bits per heavy atom. The van der Waals surface area contributed by atoms with E-state index in [2.05, 4.69) is 16.4 Å². The van der Waals surface area contributed by atoms with E-state index >= 15 is 0 Å². The van der Waals surface area contributed by atoms with E-state index < -0.39 is 0 Å². The van der Waals surface area contributed by atoms with E-state index in [0.29, 0.717) is 18.5 Å².